The van der Waals surface area contributed by atoms with Gasteiger partial charge in [0.15, 0.2) is 28.9 Å². The summed E-state index contributed by atoms with van der Waals surface area (Å²) >= 11 is 6.31. The molecule has 2 saturated heterocycles. The average molecular weight is 597 g/mol. The van der Waals surface area contributed by atoms with Gasteiger partial charge >= 0.3 is 23.9 Å². The standard InChI is InChI=1S/C24H24N2O12S2/c1-11(27)34-10-17-19(35-12(2)28)20(36-13(3)29)21(37-14(4)30)23(38-17)25-22(31)18(40-24(25)39)9-15-5-7-16(8-6-15)26(32)33/h5-9,17,19-21,23H,10H2,1-4H3/b18-9+/t17-,19-,20-,21+,23-/m0/s1. The van der Waals surface area contributed by atoms with Gasteiger partial charge in [0.1, 0.15) is 12.7 Å². The van der Waals surface area contributed by atoms with E-state index in [-0.39, 0.29) is 14.9 Å². The van der Waals surface area contributed by atoms with Gasteiger partial charge in [-0.05, 0) is 23.8 Å². The van der Waals surface area contributed by atoms with E-state index in [2.05, 4.69) is 0 Å². The molecule has 0 spiro atoms. The number of nitrogens with zero attached hydrogens (tertiary/aromatic N) is 2. The number of amides is 1. The van der Waals surface area contributed by atoms with Crippen molar-refractivity contribution in [3.8, 4) is 0 Å². The Morgan fingerprint density at radius 2 is 1.52 bits per heavy atom. The van der Waals surface area contributed by atoms with Crippen LogP contribution in [0.15, 0.2) is 29.2 Å². The van der Waals surface area contributed by atoms with Gasteiger partial charge in [-0.1, -0.05) is 24.0 Å². The summed E-state index contributed by atoms with van der Waals surface area (Å²) in [6.07, 6.45) is -5.69. The quantitative estimate of drug-likeness (QED) is 0.106. The van der Waals surface area contributed by atoms with Gasteiger partial charge in [0.05, 0.1) is 9.83 Å². The Labute approximate surface area is 237 Å². The van der Waals surface area contributed by atoms with Crippen molar-refractivity contribution in [3.63, 3.8) is 0 Å². The van der Waals surface area contributed by atoms with E-state index >= 15 is 0 Å². The van der Waals surface area contributed by atoms with Crippen molar-refractivity contribution in [2.24, 2.45) is 0 Å². The SMILES string of the molecule is CC(=O)OC[C@@H]1O[C@H](N2C(=O)/C(=C\c3ccc([N+](=O)[O-])cc3)SC2=S)[C@H](OC(C)=O)[C@@H](OC(C)=O)[C@H]1OC(C)=O. The molecule has 0 aromatic heterocycles. The van der Waals surface area contributed by atoms with E-state index in [0.29, 0.717) is 5.56 Å². The van der Waals surface area contributed by atoms with E-state index in [9.17, 15) is 34.1 Å². The largest absolute Gasteiger partial charge is 0.463 e. The molecule has 0 saturated carbocycles. The number of nitro benzene ring substituents is 1. The zero-order valence-corrected chi connectivity index (χ0v) is 23.2. The Kier molecular flexibility index (Phi) is 9.94. The molecular weight excluding hydrogens is 572 g/mol. The molecule has 0 aliphatic carbocycles. The summed E-state index contributed by atoms with van der Waals surface area (Å²) in [4.78, 5) is 72.6. The molecule has 5 atom stereocenters. The fourth-order valence-corrected chi connectivity index (χ4v) is 5.27. The molecule has 2 aliphatic heterocycles. The highest BCUT2D eigenvalue weighted by Crippen LogP contribution is 2.39. The van der Waals surface area contributed by atoms with E-state index < -0.39 is 72.0 Å². The van der Waals surface area contributed by atoms with Crippen molar-refractivity contribution in [2.45, 2.75) is 58.3 Å². The molecule has 2 aliphatic rings. The van der Waals surface area contributed by atoms with Crippen LogP contribution in [0.5, 0.6) is 0 Å². The Morgan fingerprint density at radius 3 is 2.05 bits per heavy atom. The van der Waals surface area contributed by atoms with Crippen LogP contribution in [0.3, 0.4) is 0 Å². The van der Waals surface area contributed by atoms with Crippen LogP contribution in [0, 0.1) is 10.1 Å². The summed E-state index contributed by atoms with van der Waals surface area (Å²) in [7, 11) is 0. The Morgan fingerprint density at radius 1 is 0.975 bits per heavy atom. The van der Waals surface area contributed by atoms with E-state index in [1.807, 2.05) is 0 Å². The minimum atomic E-state index is -1.51. The predicted octanol–water partition coefficient (Wildman–Crippen LogP) is 1.88. The number of ether oxygens (including phenoxy) is 5. The molecule has 0 bridgehead atoms. The van der Waals surface area contributed by atoms with E-state index in [0.717, 1.165) is 44.4 Å². The van der Waals surface area contributed by atoms with Crippen LogP contribution in [0.1, 0.15) is 33.3 Å². The van der Waals surface area contributed by atoms with Gasteiger partial charge in [0.25, 0.3) is 11.6 Å². The van der Waals surface area contributed by atoms with Crippen LogP contribution in [0.4, 0.5) is 5.69 Å². The predicted molar refractivity (Wildman–Crippen MR) is 140 cm³/mol. The summed E-state index contributed by atoms with van der Waals surface area (Å²) in [5.74, 6) is -3.81. The van der Waals surface area contributed by atoms with Crippen LogP contribution in [-0.2, 0) is 47.7 Å². The van der Waals surface area contributed by atoms with Gasteiger partial charge in [-0.25, -0.2) is 0 Å². The van der Waals surface area contributed by atoms with Gasteiger partial charge in [-0.15, -0.1) is 0 Å². The Bertz CT molecular complexity index is 1260. The monoisotopic (exact) mass is 596 g/mol. The molecule has 1 amide bonds. The van der Waals surface area contributed by atoms with Crippen molar-refractivity contribution in [2.75, 3.05) is 6.61 Å². The number of nitro groups is 1. The Balaban J connectivity index is 2.03. The zero-order chi connectivity index (χ0) is 29.7. The highest BCUT2D eigenvalue weighted by Gasteiger charge is 2.56. The van der Waals surface area contributed by atoms with E-state index in [1.165, 1.54) is 30.3 Å². The maximum Gasteiger partial charge on any atom is 0.303 e. The van der Waals surface area contributed by atoms with E-state index in [1.54, 1.807) is 0 Å². The number of rotatable bonds is 8. The normalized spacial score (nSPS) is 25.4. The molecular formula is C24H24N2O12S2. The number of benzene rings is 1. The summed E-state index contributed by atoms with van der Waals surface area (Å²) in [5, 5.41) is 10.9. The number of hydrogen-bond donors (Lipinski definition) is 0. The molecule has 0 radical (unpaired) electrons. The molecule has 40 heavy (non-hydrogen) atoms. The lowest BCUT2D eigenvalue weighted by atomic mass is 9.96. The number of esters is 4. The molecule has 14 nitrogen and oxygen atoms in total. The summed E-state index contributed by atoms with van der Waals surface area (Å²) in [6.45, 7) is 3.91. The molecule has 3 rings (SSSR count). The van der Waals surface area contributed by atoms with Crippen LogP contribution in [-0.4, -0.2) is 81.2 Å². The first-order valence-electron chi connectivity index (χ1n) is 11.6. The van der Waals surface area contributed by atoms with Gasteiger partial charge in [-0.2, -0.15) is 0 Å². The molecule has 0 unspecified atom stereocenters. The number of carbonyl (C=O) groups excluding carboxylic acids is 5. The first kappa shape index (κ1) is 30.6. The van der Waals surface area contributed by atoms with E-state index in [4.69, 9.17) is 35.9 Å². The minimum Gasteiger partial charge on any atom is -0.463 e. The zero-order valence-electron chi connectivity index (χ0n) is 21.6. The average Bonchev–Trinajstić information content (AvgIpc) is 3.12. The molecule has 1 aromatic rings. The summed E-state index contributed by atoms with van der Waals surface area (Å²) in [5.41, 5.74) is 0.329. The van der Waals surface area contributed by atoms with Crippen molar-refractivity contribution < 1.29 is 52.6 Å². The molecule has 0 N–H and O–H groups in total. The van der Waals surface area contributed by atoms with Gasteiger partial charge in [0.2, 0.25) is 0 Å². The second kappa shape index (κ2) is 13.0. The smallest absolute Gasteiger partial charge is 0.303 e. The van der Waals surface area contributed by atoms with Crippen molar-refractivity contribution in [1.82, 2.24) is 4.90 Å². The molecule has 16 heteroatoms. The third kappa shape index (κ3) is 7.40. The fourth-order valence-electron chi connectivity index (χ4n) is 3.96. The second-order valence-electron chi connectivity index (χ2n) is 8.49. The number of non-ortho nitro benzene ring substituents is 1. The summed E-state index contributed by atoms with van der Waals surface area (Å²) < 4.78 is 27.2. The molecule has 214 valence electrons. The molecule has 2 fully saturated rings. The van der Waals surface area contributed by atoms with Crippen LogP contribution in [0.25, 0.3) is 6.08 Å². The first-order chi connectivity index (χ1) is 18.8. The topological polar surface area (TPSA) is 178 Å². The lowest BCUT2D eigenvalue weighted by Gasteiger charge is -2.46. The lowest BCUT2D eigenvalue weighted by molar-refractivity contribution is -0.384. The first-order valence-corrected chi connectivity index (χ1v) is 12.8. The molecule has 1 aromatic carbocycles. The lowest BCUT2D eigenvalue weighted by Crippen LogP contribution is -2.66. The van der Waals surface area contributed by atoms with Crippen LogP contribution >= 0.6 is 24.0 Å². The molecule has 2 heterocycles. The second-order valence-corrected chi connectivity index (χ2v) is 10.2. The van der Waals surface area contributed by atoms with Crippen LogP contribution < -0.4 is 0 Å². The minimum absolute atomic E-state index is 0.0148. The maximum absolute atomic E-state index is 13.5. The highest BCUT2D eigenvalue weighted by molar-refractivity contribution is 8.26. The van der Waals surface area contributed by atoms with Gasteiger partial charge in [0, 0.05) is 39.8 Å². The third-order valence-corrected chi connectivity index (χ3v) is 6.78. The van der Waals surface area contributed by atoms with Crippen molar-refractivity contribution >= 4 is 69.8 Å². The number of carbonyl (C=O) groups is 5. The van der Waals surface area contributed by atoms with Crippen LogP contribution in [0.2, 0.25) is 0 Å². The van der Waals surface area contributed by atoms with Gasteiger partial charge < -0.3 is 23.7 Å². The summed E-state index contributed by atoms with van der Waals surface area (Å²) in [6, 6.07) is 5.43. The van der Waals surface area contributed by atoms with Crippen molar-refractivity contribution in [3.05, 3.63) is 44.8 Å². The number of thioether (sulfide) groups is 1. The number of hydrogen-bond acceptors (Lipinski definition) is 14. The third-order valence-electron chi connectivity index (χ3n) is 5.45. The van der Waals surface area contributed by atoms with Gasteiger partial charge in [-0.3, -0.25) is 39.0 Å². The fraction of sp³-hybridized carbons (Fsp3) is 0.417. The maximum atomic E-state index is 13.5. The number of thiocarbonyl (C=S) groups is 1. The van der Waals surface area contributed by atoms with Crippen molar-refractivity contribution in [1.29, 1.82) is 0 Å². The Hall–Kier alpha value is -3.89. The highest BCUT2D eigenvalue weighted by atomic mass is 32.2.